The van der Waals surface area contributed by atoms with Crippen molar-refractivity contribution in [3.8, 4) is 11.4 Å². The highest BCUT2D eigenvalue weighted by Gasteiger charge is 2.20. The van der Waals surface area contributed by atoms with E-state index in [0.29, 0.717) is 0 Å². The Hall–Kier alpha value is -2.26. The van der Waals surface area contributed by atoms with Crippen molar-refractivity contribution in [2.75, 3.05) is 5.33 Å². The SMILES string of the molecule is BrCCC[n+]1ccc2ccccc2c1-c1nccc2ccccc12. The first-order valence-electron chi connectivity index (χ1n) is 8.20. The largest absolute Gasteiger partial charge is 0.249 e. The van der Waals surface area contributed by atoms with Crippen molar-refractivity contribution in [1.82, 2.24) is 4.98 Å². The Bertz CT molecular complexity index is 1010. The zero-order valence-corrected chi connectivity index (χ0v) is 14.9. The third-order valence-corrected chi connectivity index (χ3v) is 4.93. The number of hydrogen-bond acceptors (Lipinski definition) is 1. The number of fused-ring (bicyclic) bond motifs is 2. The van der Waals surface area contributed by atoms with Gasteiger partial charge in [-0.25, -0.2) is 4.98 Å². The molecule has 0 unspecified atom stereocenters. The Balaban J connectivity index is 2.06. The molecule has 0 N–H and O–H groups in total. The van der Waals surface area contributed by atoms with E-state index in [1.54, 1.807) is 0 Å². The van der Waals surface area contributed by atoms with Gasteiger partial charge in [0.2, 0.25) is 5.69 Å². The number of nitrogens with zero attached hydrogens (tertiary/aromatic N) is 2. The maximum Gasteiger partial charge on any atom is 0.239 e. The molecule has 24 heavy (non-hydrogen) atoms. The summed E-state index contributed by atoms with van der Waals surface area (Å²) in [6.07, 6.45) is 5.18. The van der Waals surface area contributed by atoms with Gasteiger partial charge in [-0.3, -0.25) is 0 Å². The fraction of sp³-hybridized carbons (Fsp3) is 0.143. The highest BCUT2D eigenvalue weighted by Crippen LogP contribution is 2.29. The van der Waals surface area contributed by atoms with E-state index in [1.165, 1.54) is 27.2 Å². The van der Waals surface area contributed by atoms with E-state index in [4.69, 9.17) is 4.98 Å². The molecule has 2 aromatic heterocycles. The van der Waals surface area contributed by atoms with Gasteiger partial charge in [0.15, 0.2) is 6.20 Å². The van der Waals surface area contributed by atoms with Crippen LogP contribution in [0.1, 0.15) is 6.42 Å². The van der Waals surface area contributed by atoms with Crippen molar-refractivity contribution in [3.05, 3.63) is 73.1 Å². The Labute approximate surface area is 149 Å². The van der Waals surface area contributed by atoms with E-state index in [0.717, 1.165) is 24.0 Å². The van der Waals surface area contributed by atoms with Crippen molar-refractivity contribution in [2.45, 2.75) is 13.0 Å². The Morgan fingerprint density at radius 1 is 0.833 bits per heavy atom. The minimum atomic E-state index is 0.969. The van der Waals surface area contributed by atoms with Crippen LogP contribution in [0, 0.1) is 0 Å². The average Bonchev–Trinajstić information content (AvgIpc) is 2.65. The van der Waals surface area contributed by atoms with E-state index < -0.39 is 0 Å². The molecule has 118 valence electrons. The molecule has 4 rings (SSSR count). The molecule has 0 aliphatic carbocycles. The smallest absolute Gasteiger partial charge is 0.239 e. The molecule has 2 nitrogen and oxygen atoms in total. The number of benzene rings is 2. The molecule has 0 fully saturated rings. The van der Waals surface area contributed by atoms with Gasteiger partial charge in [-0.2, -0.15) is 4.57 Å². The van der Waals surface area contributed by atoms with Crippen molar-refractivity contribution < 1.29 is 4.57 Å². The highest BCUT2D eigenvalue weighted by molar-refractivity contribution is 9.09. The summed E-state index contributed by atoms with van der Waals surface area (Å²) >= 11 is 3.55. The first-order chi connectivity index (χ1) is 11.9. The second-order valence-electron chi connectivity index (χ2n) is 5.87. The molecule has 3 heteroatoms. The van der Waals surface area contributed by atoms with Crippen molar-refractivity contribution in [1.29, 1.82) is 0 Å². The lowest BCUT2D eigenvalue weighted by atomic mass is 10.0. The third kappa shape index (κ3) is 2.69. The fourth-order valence-electron chi connectivity index (χ4n) is 3.25. The minimum absolute atomic E-state index is 0.969. The molecule has 0 aliphatic heterocycles. The third-order valence-electron chi connectivity index (χ3n) is 4.37. The summed E-state index contributed by atoms with van der Waals surface area (Å²) in [6.45, 7) is 0.969. The van der Waals surface area contributed by atoms with Crippen molar-refractivity contribution in [2.24, 2.45) is 0 Å². The van der Waals surface area contributed by atoms with Gasteiger partial charge in [0.05, 0.1) is 5.39 Å². The molecule has 0 amide bonds. The van der Waals surface area contributed by atoms with Crippen LogP contribution in [0.25, 0.3) is 32.9 Å². The molecular weight excluding hydrogens is 360 g/mol. The maximum absolute atomic E-state index is 4.76. The number of aryl methyl sites for hydroxylation is 1. The Morgan fingerprint density at radius 3 is 2.33 bits per heavy atom. The standard InChI is InChI=1S/C21H18BrN2/c22-12-5-14-24-15-11-17-7-2-4-9-19(17)21(24)20-18-8-3-1-6-16(18)10-13-23-20/h1-4,6-11,13,15H,5,12,14H2/q+1. The maximum atomic E-state index is 4.76. The quantitative estimate of drug-likeness (QED) is 0.356. The van der Waals surface area contributed by atoms with E-state index in [-0.39, 0.29) is 0 Å². The molecule has 0 bridgehead atoms. The van der Waals surface area contributed by atoms with Crippen LogP contribution in [0.4, 0.5) is 0 Å². The van der Waals surface area contributed by atoms with Crippen molar-refractivity contribution >= 4 is 37.5 Å². The summed E-state index contributed by atoms with van der Waals surface area (Å²) < 4.78 is 2.33. The topological polar surface area (TPSA) is 16.8 Å². The predicted molar refractivity (Wildman–Crippen MR) is 103 cm³/mol. The van der Waals surface area contributed by atoms with Crippen LogP contribution in [-0.4, -0.2) is 10.3 Å². The van der Waals surface area contributed by atoms with Gasteiger partial charge in [0.25, 0.3) is 0 Å². The molecule has 4 aromatic rings. The van der Waals surface area contributed by atoms with E-state index in [1.807, 2.05) is 6.20 Å². The first-order valence-corrected chi connectivity index (χ1v) is 9.32. The summed E-state index contributed by atoms with van der Waals surface area (Å²) in [5.74, 6) is 0. The van der Waals surface area contributed by atoms with Gasteiger partial charge in [-0.15, -0.1) is 0 Å². The van der Waals surface area contributed by atoms with Crippen LogP contribution < -0.4 is 4.57 Å². The molecule has 0 atom stereocenters. The van der Waals surface area contributed by atoms with Gasteiger partial charge >= 0.3 is 0 Å². The normalized spacial score (nSPS) is 11.2. The average molecular weight is 378 g/mol. The number of aromatic nitrogens is 2. The second kappa shape index (κ2) is 6.70. The van der Waals surface area contributed by atoms with Gasteiger partial charge in [-0.1, -0.05) is 58.4 Å². The minimum Gasteiger partial charge on any atom is -0.249 e. The fourth-order valence-corrected chi connectivity index (χ4v) is 3.50. The van der Waals surface area contributed by atoms with Crippen molar-refractivity contribution in [3.63, 3.8) is 0 Å². The zero-order chi connectivity index (χ0) is 16.4. The van der Waals surface area contributed by atoms with Crippen LogP contribution in [-0.2, 0) is 6.54 Å². The molecule has 0 aliphatic rings. The van der Waals surface area contributed by atoms with Gasteiger partial charge in [0.1, 0.15) is 12.2 Å². The second-order valence-corrected chi connectivity index (χ2v) is 6.66. The summed E-state index contributed by atoms with van der Waals surface area (Å²) in [5, 5.41) is 5.91. The van der Waals surface area contributed by atoms with Crippen LogP contribution in [0.15, 0.2) is 73.1 Å². The molecule has 2 aromatic carbocycles. The van der Waals surface area contributed by atoms with Gasteiger partial charge in [0, 0.05) is 29.4 Å². The highest BCUT2D eigenvalue weighted by atomic mass is 79.9. The zero-order valence-electron chi connectivity index (χ0n) is 13.3. The lowest BCUT2D eigenvalue weighted by Crippen LogP contribution is -2.36. The number of hydrogen-bond donors (Lipinski definition) is 0. The van der Waals surface area contributed by atoms with Crippen LogP contribution >= 0.6 is 15.9 Å². The van der Waals surface area contributed by atoms with Gasteiger partial charge < -0.3 is 0 Å². The van der Waals surface area contributed by atoms with E-state index in [9.17, 15) is 0 Å². The molecule has 2 heterocycles. The lowest BCUT2D eigenvalue weighted by Gasteiger charge is -2.09. The molecular formula is C21H18BrN2+. The summed E-state index contributed by atoms with van der Waals surface area (Å²) in [6, 6.07) is 21.3. The number of rotatable bonds is 4. The predicted octanol–water partition coefficient (Wildman–Crippen LogP) is 5.13. The molecule has 0 radical (unpaired) electrons. The number of pyridine rings is 2. The Kier molecular flexibility index (Phi) is 4.26. The summed E-state index contributed by atoms with van der Waals surface area (Å²) in [5.41, 5.74) is 2.25. The van der Waals surface area contributed by atoms with Crippen LogP contribution in [0.2, 0.25) is 0 Å². The van der Waals surface area contributed by atoms with Crippen LogP contribution in [0.5, 0.6) is 0 Å². The Morgan fingerprint density at radius 2 is 1.54 bits per heavy atom. The van der Waals surface area contributed by atoms with Crippen LogP contribution in [0.3, 0.4) is 0 Å². The van der Waals surface area contributed by atoms with Gasteiger partial charge in [-0.05, 0) is 22.9 Å². The molecule has 0 spiro atoms. The monoisotopic (exact) mass is 377 g/mol. The lowest BCUT2D eigenvalue weighted by molar-refractivity contribution is -0.685. The van der Waals surface area contributed by atoms with E-state index >= 15 is 0 Å². The number of halogens is 1. The first kappa shape index (κ1) is 15.3. The molecule has 0 saturated heterocycles. The number of alkyl halides is 1. The summed E-state index contributed by atoms with van der Waals surface area (Å²) in [4.78, 5) is 4.76. The molecule has 0 saturated carbocycles. The van der Waals surface area contributed by atoms with E-state index in [2.05, 4.69) is 87.4 Å². The summed E-state index contributed by atoms with van der Waals surface area (Å²) in [7, 11) is 0.